The topological polar surface area (TPSA) is 52.6 Å². The Labute approximate surface area is 137 Å². The lowest BCUT2D eigenvalue weighted by atomic mass is 10.1. The molecule has 2 rings (SSSR count). The Hall–Kier alpha value is -1.41. The van der Waals surface area contributed by atoms with E-state index in [0.717, 1.165) is 15.5 Å². The van der Waals surface area contributed by atoms with Crippen LogP contribution in [0.4, 0.5) is 23.7 Å². The van der Waals surface area contributed by atoms with Gasteiger partial charge >= 0.3 is 12.2 Å². The minimum Gasteiger partial charge on any atom is -0.382 e. The van der Waals surface area contributed by atoms with Gasteiger partial charge in [-0.05, 0) is 30.7 Å². The third-order valence-corrected chi connectivity index (χ3v) is 4.64. The van der Waals surface area contributed by atoms with Gasteiger partial charge in [0.25, 0.3) is 0 Å². The molecule has 1 fully saturated rings. The average molecular weight is 348 g/mol. The molecule has 23 heavy (non-hydrogen) atoms. The standard InChI is InChI=1S/C15H19F3N2O2S/c1-2-23-12-8-4-3-6-10(12)19-14(22)20-9-5-7-11(20)13(21)15(16,17)18/h3-4,6,8,11,13,21H,2,5,7,9H2,1H3,(H,19,22). The number of hydrogen-bond donors (Lipinski definition) is 2. The van der Waals surface area contributed by atoms with Crippen LogP contribution in [0.25, 0.3) is 0 Å². The maximum atomic E-state index is 12.7. The maximum absolute atomic E-state index is 12.7. The molecule has 0 aromatic heterocycles. The molecule has 1 aromatic carbocycles. The lowest BCUT2D eigenvalue weighted by Crippen LogP contribution is -2.50. The highest BCUT2D eigenvalue weighted by Crippen LogP contribution is 2.32. The van der Waals surface area contributed by atoms with E-state index in [1.165, 1.54) is 11.8 Å². The Balaban J connectivity index is 2.11. The number of urea groups is 1. The van der Waals surface area contributed by atoms with Gasteiger partial charge in [-0.25, -0.2) is 4.79 Å². The number of thioether (sulfide) groups is 1. The van der Waals surface area contributed by atoms with Crippen molar-refractivity contribution in [1.82, 2.24) is 4.90 Å². The molecule has 8 heteroatoms. The first-order valence-corrected chi connectivity index (χ1v) is 8.37. The number of likely N-dealkylation sites (tertiary alicyclic amines) is 1. The number of aliphatic hydroxyl groups is 1. The number of rotatable bonds is 4. The quantitative estimate of drug-likeness (QED) is 0.816. The molecule has 1 aliphatic rings. The highest BCUT2D eigenvalue weighted by molar-refractivity contribution is 7.99. The summed E-state index contributed by atoms with van der Waals surface area (Å²) in [6, 6.07) is 5.29. The molecule has 4 nitrogen and oxygen atoms in total. The van der Waals surface area contributed by atoms with Crippen molar-refractivity contribution >= 4 is 23.5 Å². The Bertz CT molecular complexity index is 554. The van der Waals surface area contributed by atoms with Crippen LogP contribution in [0.1, 0.15) is 19.8 Å². The van der Waals surface area contributed by atoms with Gasteiger partial charge in [0.05, 0.1) is 11.7 Å². The number of benzene rings is 1. The highest BCUT2D eigenvalue weighted by atomic mass is 32.2. The SMILES string of the molecule is CCSc1ccccc1NC(=O)N1CCCC1C(O)C(F)(F)F. The second-order valence-electron chi connectivity index (χ2n) is 5.25. The Morgan fingerprint density at radius 1 is 1.48 bits per heavy atom. The second-order valence-corrected chi connectivity index (χ2v) is 6.55. The minimum absolute atomic E-state index is 0.138. The number of hydrogen-bond acceptors (Lipinski definition) is 3. The van der Waals surface area contributed by atoms with Crippen LogP contribution in [0, 0.1) is 0 Å². The molecule has 0 aliphatic carbocycles. The Morgan fingerprint density at radius 3 is 2.83 bits per heavy atom. The first-order chi connectivity index (χ1) is 10.8. The summed E-state index contributed by atoms with van der Waals surface area (Å²) in [4.78, 5) is 14.3. The second kappa shape index (κ2) is 7.44. The molecule has 1 saturated heterocycles. The molecule has 0 spiro atoms. The lowest BCUT2D eigenvalue weighted by Gasteiger charge is -2.30. The number of carbonyl (C=O) groups excluding carboxylic acids is 1. The van der Waals surface area contributed by atoms with Crippen LogP contribution in [-0.4, -0.2) is 46.7 Å². The first-order valence-electron chi connectivity index (χ1n) is 7.38. The maximum Gasteiger partial charge on any atom is 0.416 e. The molecule has 1 aliphatic heterocycles. The summed E-state index contributed by atoms with van der Waals surface area (Å²) in [6.45, 7) is 2.17. The summed E-state index contributed by atoms with van der Waals surface area (Å²) in [5.74, 6) is 0.812. The van der Waals surface area contributed by atoms with Crippen molar-refractivity contribution in [2.75, 3.05) is 17.6 Å². The molecular weight excluding hydrogens is 329 g/mol. The smallest absolute Gasteiger partial charge is 0.382 e. The summed E-state index contributed by atoms with van der Waals surface area (Å²) in [7, 11) is 0. The molecule has 2 amide bonds. The summed E-state index contributed by atoms with van der Waals surface area (Å²) in [5.41, 5.74) is 0.566. The van der Waals surface area contributed by atoms with E-state index in [9.17, 15) is 23.1 Å². The molecule has 128 valence electrons. The predicted octanol–water partition coefficient (Wildman–Crippen LogP) is 3.72. The van der Waals surface area contributed by atoms with E-state index in [2.05, 4.69) is 5.32 Å². The first kappa shape index (κ1) is 17.9. The van der Waals surface area contributed by atoms with Gasteiger partial charge < -0.3 is 15.3 Å². The number of amides is 2. The molecule has 1 aromatic rings. The highest BCUT2D eigenvalue weighted by Gasteiger charge is 2.48. The van der Waals surface area contributed by atoms with Gasteiger partial charge in [0.1, 0.15) is 0 Å². The van der Waals surface area contributed by atoms with E-state index in [1.807, 2.05) is 19.1 Å². The number of aliphatic hydroxyl groups excluding tert-OH is 1. The molecule has 0 bridgehead atoms. The Morgan fingerprint density at radius 2 is 2.17 bits per heavy atom. The summed E-state index contributed by atoms with van der Waals surface area (Å²) >= 11 is 1.54. The van der Waals surface area contributed by atoms with Crippen LogP contribution in [-0.2, 0) is 0 Å². The summed E-state index contributed by atoms with van der Waals surface area (Å²) in [5, 5.41) is 12.1. The number of anilines is 1. The van der Waals surface area contributed by atoms with Crippen molar-refractivity contribution in [3.05, 3.63) is 24.3 Å². The van der Waals surface area contributed by atoms with E-state index in [1.54, 1.807) is 12.1 Å². The van der Waals surface area contributed by atoms with Crippen molar-refractivity contribution in [2.24, 2.45) is 0 Å². The van der Waals surface area contributed by atoms with E-state index in [-0.39, 0.29) is 13.0 Å². The lowest BCUT2D eigenvalue weighted by molar-refractivity contribution is -0.216. The van der Waals surface area contributed by atoms with Gasteiger partial charge in [-0.1, -0.05) is 19.1 Å². The summed E-state index contributed by atoms with van der Waals surface area (Å²) < 4.78 is 38.2. The van der Waals surface area contributed by atoms with Gasteiger partial charge in [0, 0.05) is 11.4 Å². The van der Waals surface area contributed by atoms with Crippen LogP contribution >= 0.6 is 11.8 Å². The van der Waals surface area contributed by atoms with Gasteiger partial charge in [-0.15, -0.1) is 11.8 Å². The molecule has 0 saturated carbocycles. The van der Waals surface area contributed by atoms with Gasteiger partial charge in [-0.3, -0.25) is 0 Å². The average Bonchev–Trinajstić information content (AvgIpc) is 2.97. The molecule has 2 unspecified atom stereocenters. The van der Waals surface area contributed by atoms with Crippen LogP contribution in [0.15, 0.2) is 29.2 Å². The van der Waals surface area contributed by atoms with Crippen molar-refractivity contribution < 1.29 is 23.1 Å². The molecular formula is C15H19F3N2O2S. The molecule has 2 N–H and O–H groups in total. The number of nitrogens with one attached hydrogen (secondary N) is 1. The fourth-order valence-corrected chi connectivity index (χ4v) is 3.39. The third-order valence-electron chi connectivity index (χ3n) is 3.69. The van der Waals surface area contributed by atoms with E-state index in [4.69, 9.17) is 0 Å². The number of para-hydroxylation sites is 1. The van der Waals surface area contributed by atoms with E-state index in [0.29, 0.717) is 12.1 Å². The minimum atomic E-state index is -4.73. The zero-order chi connectivity index (χ0) is 17.0. The molecule has 0 radical (unpaired) electrons. The van der Waals surface area contributed by atoms with Crippen LogP contribution in [0.2, 0.25) is 0 Å². The number of alkyl halides is 3. The van der Waals surface area contributed by atoms with Gasteiger partial charge in [-0.2, -0.15) is 13.2 Å². The van der Waals surface area contributed by atoms with Gasteiger partial charge in [0.15, 0.2) is 6.10 Å². The van der Waals surface area contributed by atoms with Crippen molar-refractivity contribution in [3.8, 4) is 0 Å². The third kappa shape index (κ3) is 4.32. The van der Waals surface area contributed by atoms with Crippen LogP contribution in [0.5, 0.6) is 0 Å². The van der Waals surface area contributed by atoms with Crippen LogP contribution < -0.4 is 5.32 Å². The van der Waals surface area contributed by atoms with E-state index >= 15 is 0 Å². The van der Waals surface area contributed by atoms with Crippen LogP contribution in [0.3, 0.4) is 0 Å². The van der Waals surface area contributed by atoms with Gasteiger partial charge in [0.2, 0.25) is 0 Å². The monoisotopic (exact) mass is 348 g/mol. The number of halogens is 3. The zero-order valence-electron chi connectivity index (χ0n) is 12.6. The normalized spacial score (nSPS) is 19.7. The van der Waals surface area contributed by atoms with Crippen molar-refractivity contribution in [1.29, 1.82) is 0 Å². The predicted molar refractivity (Wildman–Crippen MR) is 83.6 cm³/mol. The summed E-state index contributed by atoms with van der Waals surface area (Å²) in [6.07, 6.45) is -6.67. The largest absolute Gasteiger partial charge is 0.416 e. The van der Waals surface area contributed by atoms with E-state index < -0.39 is 24.4 Å². The fourth-order valence-electron chi connectivity index (χ4n) is 2.63. The number of carbonyl (C=O) groups is 1. The molecule has 1 heterocycles. The Kier molecular flexibility index (Phi) is 5.80. The number of nitrogens with zero attached hydrogens (tertiary/aromatic N) is 1. The van der Waals surface area contributed by atoms with Crippen molar-refractivity contribution in [2.45, 2.75) is 43.0 Å². The van der Waals surface area contributed by atoms with Crippen molar-refractivity contribution in [3.63, 3.8) is 0 Å². The fraction of sp³-hybridized carbons (Fsp3) is 0.533. The molecule has 2 atom stereocenters. The zero-order valence-corrected chi connectivity index (χ0v) is 13.5.